The van der Waals surface area contributed by atoms with Gasteiger partial charge in [0.2, 0.25) is 0 Å². The van der Waals surface area contributed by atoms with Crippen molar-refractivity contribution < 1.29 is 9.53 Å². The van der Waals surface area contributed by atoms with Crippen molar-refractivity contribution in [1.29, 1.82) is 0 Å². The Bertz CT molecular complexity index is 645. The summed E-state index contributed by atoms with van der Waals surface area (Å²) in [4.78, 5) is 24.8. The number of aliphatic imine (C=N–C) groups is 1. The van der Waals surface area contributed by atoms with Crippen molar-refractivity contribution in [3.8, 4) is 0 Å². The molecule has 0 aromatic carbocycles. The van der Waals surface area contributed by atoms with E-state index < -0.39 is 5.60 Å². The quantitative estimate of drug-likeness (QED) is 0.299. The molecule has 0 aliphatic rings. The van der Waals surface area contributed by atoms with Gasteiger partial charge in [-0.1, -0.05) is 6.92 Å². The summed E-state index contributed by atoms with van der Waals surface area (Å²) in [7, 11) is 5.72. The Balaban J connectivity index is 0.00000784. The molecule has 1 aromatic heterocycles. The second-order valence-electron chi connectivity index (χ2n) is 8.06. The highest BCUT2D eigenvalue weighted by atomic mass is 127. The second kappa shape index (κ2) is 13.1. The van der Waals surface area contributed by atoms with Gasteiger partial charge in [-0.3, -0.25) is 0 Å². The summed E-state index contributed by atoms with van der Waals surface area (Å²) >= 11 is 1.61. The van der Waals surface area contributed by atoms with Crippen LogP contribution in [0.1, 0.15) is 40.3 Å². The molecule has 29 heavy (non-hydrogen) atoms. The van der Waals surface area contributed by atoms with Gasteiger partial charge in [-0.15, -0.1) is 35.3 Å². The van der Waals surface area contributed by atoms with Crippen LogP contribution in [-0.4, -0.2) is 68.3 Å². The van der Waals surface area contributed by atoms with Gasteiger partial charge in [-0.05, 0) is 33.6 Å². The molecule has 1 rings (SSSR count). The summed E-state index contributed by atoms with van der Waals surface area (Å²) in [6.07, 6.45) is -0.305. The molecule has 168 valence electrons. The van der Waals surface area contributed by atoms with E-state index in [4.69, 9.17) is 4.74 Å². The Morgan fingerprint density at radius 3 is 2.48 bits per heavy atom. The van der Waals surface area contributed by atoms with Crippen LogP contribution in [0.2, 0.25) is 0 Å². The third-order valence-electron chi connectivity index (χ3n) is 3.57. The van der Waals surface area contributed by atoms with Crippen LogP contribution in [-0.2, 0) is 11.3 Å². The number of nitrogens with zero attached hydrogens (tertiary/aromatic N) is 4. The number of ether oxygens (including phenoxy) is 1. The number of carbonyl (C=O) groups is 1. The van der Waals surface area contributed by atoms with E-state index in [-0.39, 0.29) is 36.0 Å². The highest BCUT2D eigenvalue weighted by Gasteiger charge is 2.20. The Kier molecular flexibility index (Phi) is 12.5. The van der Waals surface area contributed by atoms with Crippen molar-refractivity contribution in [2.75, 3.05) is 45.7 Å². The van der Waals surface area contributed by atoms with Gasteiger partial charge in [0.25, 0.3) is 0 Å². The average Bonchev–Trinajstić information content (AvgIpc) is 3.05. The number of guanidine groups is 1. The number of thiazole rings is 1. The molecular formula is C19H37IN6O2S. The van der Waals surface area contributed by atoms with Crippen LogP contribution < -0.4 is 15.5 Å². The van der Waals surface area contributed by atoms with Gasteiger partial charge in [0, 0.05) is 46.2 Å². The van der Waals surface area contributed by atoms with E-state index in [2.05, 4.69) is 27.5 Å². The van der Waals surface area contributed by atoms with Gasteiger partial charge in [0.05, 0.1) is 12.2 Å². The maximum atomic E-state index is 12.1. The van der Waals surface area contributed by atoms with Crippen molar-refractivity contribution in [2.45, 2.75) is 46.8 Å². The fourth-order valence-corrected chi connectivity index (χ4v) is 3.04. The number of aromatic nitrogens is 1. The highest BCUT2D eigenvalue weighted by Crippen LogP contribution is 2.18. The van der Waals surface area contributed by atoms with Gasteiger partial charge < -0.3 is 25.2 Å². The molecule has 0 fully saturated rings. The first-order valence-corrected chi connectivity index (χ1v) is 10.5. The summed E-state index contributed by atoms with van der Waals surface area (Å²) in [5.41, 5.74) is 0.462. The lowest BCUT2D eigenvalue weighted by molar-refractivity contribution is 0.0278. The van der Waals surface area contributed by atoms with Crippen LogP contribution in [0, 0.1) is 5.92 Å². The van der Waals surface area contributed by atoms with Gasteiger partial charge in [0.1, 0.15) is 5.60 Å². The first-order valence-electron chi connectivity index (χ1n) is 9.59. The number of halogens is 1. The predicted octanol–water partition coefficient (Wildman–Crippen LogP) is 3.39. The minimum atomic E-state index is -0.486. The van der Waals surface area contributed by atoms with Gasteiger partial charge in [-0.2, -0.15) is 0 Å². The number of rotatable bonds is 8. The number of anilines is 1. The van der Waals surface area contributed by atoms with Crippen LogP contribution in [0.4, 0.5) is 9.93 Å². The Morgan fingerprint density at radius 2 is 1.97 bits per heavy atom. The van der Waals surface area contributed by atoms with Crippen molar-refractivity contribution in [1.82, 2.24) is 20.5 Å². The van der Waals surface area contributed by atoms with E-state index in [1.165, 1.54) is 0 Å². The molecule has 8 nitrogen and oxygen atoms in total. The number of carbonyl (C=O) groups excluding carboxylic acids is 1. The standard InChI is InChI=1S/C19H36N6O2S.HI/c1-9-20-16(22-11-15-13-28-17(23-15)24(6)7)21-10-14(2)12-25(8)18(26)27-19(3,4)5;/h13-14H,9-12H2,1-8H3,(H2,20,21,22);1H. The largest absolute Gasteiger partial charge is 0.444 e. The molecule has 1 amide bonds. The maximum absolute atomic E-state index is 12.1. The molecule has 0 saturated carbocycles. The molecule has 0 aliphatic heterocycles. The Hall–Kier alpha value is -1.30. The van der Waals surface area contributed by atoms with Crippen LogP contribution >= 0.6 is 35.3 Å². The minimum absolute atomic E-state index is 0. The Morgan fingerprint density at radius 1 is 1.31 bits per heavy atom. The normalized spacial score (nSPS) is 12.6. The van der Waals surface area contributed by atoms with Gasteiger partial charge in [0.15, 0.2) is 11.1 Å². The molecule has 0 aliphatic carbocycles. The molecule has 2 N–H and O–H groups in total. The molecule has 0 spiro atoms. The number of hydrogen-bond donors (Lipinski definition) is 2. The van der Waals surface area contributed by atoms with Crippen molar-refractivity contribution in [3.63, 3.8) is 0 Å². The topological polar surface area (TPSA) is 82.1 Å². The summed E-state index contributed by atoms with van der Waals surface area (Å²) in [6, 6.07) is 0. The minimum Gasteiger partial charge on any atom is -0.444 e. The molecule has 1 heterocycles. The molecule has 1 aromatic rings. The van der Waals surface area contributed by atoms with E-state index in [1.54, 1.807) is 23.3 Å². The molecule has 1 atom stereocenters. The third kappa shape index (κ3) is 11.5. The maximum Gasteiger partial charge on any atom is 0.410 e. The lowest BCUT2D eigenvalue weighted by atomic mass is 10.1. The van der Waals surface area contributed by atoms with Crippen LogP contribution in [0.25, 0.3) is 0 Å². The average molecular weight is 541 g/mol. The number of hydrogen-bond acceptors (Lipinski definition) is 6. The first-order chi connectivity index (χ1) is 13.0. The van der Waals surface area contributed by atoms with Crippen LogP contribution in [0.5, 0.6) is 0 Å². The zero-order chi connectivity index (χ0) is 21.3. The lowest BCUT2D eigenvalue weighted by Gasteiger charge is -2.26. The van der Waals surface area contributed by atoms with E-state index in [0.717, 1.165) is 23.3 Å². The van der Waals surface area contributed by atoms with Gasteiger partial charge in [-0.25, -0.2) is 14.8 Å². The van der Waals surface area contributed by atoms with Crippen molar-refractivity contribution in [2.24, 2.45) is 10.9 Å². The highest BCUT2D eigenvalue weighted by molar-refractivity contribution is 14.0. The fraction of sp³-hybridized carbons (Fsp3) is 0.737. The van der Waals surface area contributed by atoms with Crippen LogP contribution in [0.3, 0.4) is 0 Å². The second-order valence-corrected chi connectivity index (χ2v) is 8.89. The van der Waals surface area contributed by atoms with E-state index in [9.17, 15) is 4.79 Å². The molecule has 0 bridgehead atoms. The molecule has 1 unspecified atom stereocenters. The molecular weight excluding hydrogens is 503 g/mol. The third-order valence-corrected chi connectivity index (χ3v) is 4.63. The van der Waals surface area contributed by atoms with E-state index in [1.807, 2.05) is 52.1 Å². The summed E-state index contributed by atoms with van der Waals surface area (Å²) in [5, 5.41) is 9.58. The zero-order valence-electron chi connectivity index (χ0n) is 18.9. The van der Waals surface area contributed by atoms with Crippen molar-refractivity contribution >= 4 is 52.5 Å². The summed E-state index contributed by atoms with van der Waals surface area (Å²) < 4.78 is 5.39. The Labute approximate surface area is 196 Å². The first kappa shape index (κ1) is 27.7. The fourth-order valence-electron chi connectivity index (χ4n) is 2.29. The van der Waals surface area contributed by atoms with Gasteiger partial charge >= 0.3 is 6.09 Å². The number of amides is 1. The van der Waals surface area contributed by atoms with Crippen molar-refractivity contribution in [3.05, 3.63) is 11.1 Å². The molecule has 10 heteroatoms. The number of nitrogens with one attached hydrogen (secondary N) is 2. The zero-order valence-corrected chi connectivity index (χ0v) is 22.1. The van der Waals surface area contributed by atoms with E-state index >= 15 is 0 Å². The molecule has 0 radical (unpaired) electrons. The van der Waals surface area contributed by atoms with E-state index in [0.29, 0.717) is 19.6 Å². The lowest BCUT2D eigenvalue weighted by Crippen LogP contribution is -2.42. The summed E-state index contributed by atoms with van der Waals surface area (Å²) in [5.74, 6) is 0.981. The smallest absolute Gasteiger partial charge is 0.410 e. The summed E-state index contributed by atoms with van der Waals surface area (Å²) in [6.45, 7) is 12.3. The monoisotopic (exact) mass is 540 g/mol. The molecule has 0 saturated heterocycles. The van der Waals surface area contributed by atoms with Crippen LogP contribution in [0.15, 0.2) is 10.4 Å². The SMILES string of the molecule is CCNC(=NCc1csc(N(C)C)n1)NCC(C)CN(C)C(=O)OC(C)(C)C.I. The predicted molar refractivity (Wildman–Crippen MR) is 133 cm³/mol.